The second-order valence-corrected chi connectivity index (χ2v) is 8.56. The molecule has 1 aliphatic carbocycles. The highest BCUT2D eigenvalue weighted by Gasteiger charge is 2.55. The van der Waals surface area contributed by atoms with Crippen LogP contribution in [0.2, 0.25) is 0 Å². The monoisotopic (exact) mass is 448 g/mol. The fourth-order valence-electron chi connectivity index (χ4n) is 4.26. The molecule has 0 bridgehead atoms. The summed E-state index contributed by atoms with van der Waals surface area (Å²) >= 11 is 1.27. The Hall–Kier alpha value is -3.72. The Morgan fingerprint density at radius 1 is 1.22 bits per heavy atom. The van der Waals surface area contributed by atoms with Crippen LogP contribution in [0.15, 0.2) is 53.9 Å². The van der Waals surface area contributed by atoms with E-state index in [1.165, 1.54) is 11.3 Å². The second-order valence-electron chi connectivity index (χ2n) is 7.70. The van der Waals surface area contributed by atoms with Crippen LogP contribution in [0, 0.1) is 0 Å². The average molecular weight is 449 g/mol. The van der Waals surface area contributed by atoms with Crippen LogP contribution in [0.3, 0.4) is 0 Å². The number of rotatable bonds is 5. The number of carbonyl (C=O) groups is 3. The van der Waals surface area contributed by atoms with Crippen LogP contribution < -0.4 is 15.4 Å². The highest BCUT2D eigenvalue weighted by Crippen LogP contribution is 2.41. The van der Waals surface area contributed by atoms with Crippen molar-refractivity contribution < 1.29 is 19.1 Å². The minimum atomic E-state index is -1.07. The third-order valence-electron chi connectivity index (χ3n) is 5.86. The van der Waals surface area contributed by atoms with Gasteiger partial charge in [0.05, 0.1) is 12.8 Å². The maximum Gasteiger partial charge on any atom is 0.325 e. The lowest BCUT2D eigenvalue weighted by Crippen LogP contribution is -2.42. The number of thiazole rings is 1. The summed E-state index contributed by atoms with van der Waals surface area (Å²) in [5.41, 5.74) is 2.38. The van der Waals surface area contributed by atoms with Gasteiger partial charge in [0.25, 0.3) is 5.91 Å². The van der Waals surface area contributed by atoms with Gasteiger partial charge in [0, 0.05) is 10.9 Å². The van der Waals surface area contributed by atoms with Gasteiger partial charge in [0.15, 0.2) is 5.13 Å². The minimum absolute atomic E-state index is 0.369. The smallest absolute Gasteiger partial charge is 0.325 e. The normalized spacial score (nSPS) is 19.2. The summed E-state index contributed by atoms with van der Waals surface area (Å²) in [6.07, 6.45) is 1.20. The molecular weight excluding hydrogens is 428 g/mol. The molecular formula is C23H20N4O4S. The molecule has 32 heavy (non-hydrogen) atoms. The van der Waals surface area contributed by atoms with Gasteiger partial charge in [-0.3, -0.25) is 14.5 Å². The minimum Gasteiger partial charge on any atom is -0.497 e. The molecule has 5 rings (SSSR count). The number of fused-ring (bicyclic) bond motifs is 2. The lowest BCUT2D eigenvalue weighted by molar-refractivity contribution is -0.134. The molecule has 9 heteroatoms. The Labute approximate surface area is 188 Å². The molecule has 8 nitrogen and oxygen atoms in total. The number of aryl methyl sites for hydroxylation is 1. The number of aromatic nitrogens is 1. The lowest BCUT2D eigenvalue weighted by atomic mass is 9.92. The predicted molar refractivity (Wildman–Crippen MR) is 119 cm³/mol. The summed E-state index contributed by atoms with van der Waals surface area (Å²) in [4.78, 5) is 43.8. The van der Waals surface area contributed by atoms with Crippen LogP contribution in [0.5, 0.6) is 5.75 Å². The number of imide groups is 1. The largest absolute Gasteiger partial charge is 0.497 e. The van der Waals surface area contributed by atoms with E-state index in [0.29, 0.717) is 23.7 Å². The van der Waals surface area contributed by atoms with E-state index < -0.39 is 17.5 Å². The van der Waals surface area contributed by atoms with Crippen LogP contribution >= 0.6 is 11.3 Å². The molecule has 1 spiro atoms. The zero-order valence-electron chi connectivity index (χ0n) is 17.3. The van der Waals surface area contributed by atoms with Crippen molar-refractivity contribution in [2.75, 3.05) is 19.0 Å². The van der Waals surface area contributed by atoms with E-state index in [1.54, 1.807) is 7.11 Å². The summed E-state index contributed by atoms with van der Waals surface area (Å²) in [7, 11) is 1.60. The van der Waals surface area contributed by atoms with Gasteiger partial charge < -0.3 is 15.4 Å². The van der Waals surface area contributed by atoms with Crippen molar-refractivity contribution >= 4 is 34.3 Å². The molecule has 2 N–H and O–H groups in total. The van der Waals surface area contributed by atoms with Gasteiger partial charge in [0.2, 0.25) is 5.91 Å². The van der Waals surface area contributed by atoms with Crippen molar-refractivity contribution in [2.24, 2.45) is 0 Å². The van der Waals surface area contributed by atoms with Crippen molar-refractivity contribution in [1.29, 1.82) is 0 Å². The van der Waals surface area contributed by atoms with E-state index >= 15 is 0 Å². The number of amides is 4. The third-order valence-corrected chi connectivity index (χ3v) is 6.62. The first-order valence-corrected chi connectivity index (χ1v) is 11.0. The van der Waals surface area contributed by atoms with Crippen molar-refractivity contribution in [3.05, 3.63) is 65.0 Å². The Balaban J connectivity index is 1.27. The molecule has 1 aliphatic heterocycles. The summed E-state index contributed by atoms with van der Waals surface area (Å²) in [5, 5.41) is 7.74. The molecule has 1 atom stereocenters. The van der Waals surface area contributed by atoms with Crippen LogP contribution in [-0.2, 0) is 21.5 Å². The number of nitrogens with zero attached hydrogens (tertiary/aromatic N) is 2. The Bertz CT molecular complexity index is 1220. The summed E-state index contributed by atoms with van der Waals surface area (Å²) in [6.45, 7) is -0.369. The molecule has 4 amide bonds. The summed E-state index contributed by atoms with van der Waals surface area (Å²) in [5.74, 6) is -0.123. The molecule has 1 aromatic heterocycles. The molecule has 1 unspecified atom stereocenters. The van der Waals surface area contributed by atoms with Gasteiger partial charge in [-0.05, 0) is 48.2 Å². The predicted octanol–water partition coefficient (Wildman–Crippen LogP) is 3.15. The van der Waals surface area contributed by atoms with Gasteiger partial charge in [-0.1, -0.05) is 24.3 Å². The van der Waals surface area contributed by atoms with E-state index in [4.69, 9.17) is 4.74 Å². The van der Waals surface area contributed by atoms with E-state index in [0.717, 1.165) is 27.3 Å². The molecule has 1 fully saturated rings. The zero-order chi connectivity index (χ0) is 22.3. The highest BCUT2D eigenvalue weighted by molar-refractivity contribution is 7.14. The third kappa shape index (κ3) is 3.31. The highest BCUT2D eigenvalue weighted by atomic mass is 32.1. The number of hydrogen-bond donors (Lipinski definition) is 2. The number of anilines is 1. The molecule has 1 saturated heterocycles. The van der Waals surface area contributed by atoms with Crippen molar-refractivity contribution in [3.8, 4) is 17.0 Å². The van der Waals surface area contributed by atoms with Crippen LogP contribution in [0.1, 0.15) is 17.5 Å². The van der Waals surface area contributed by atoms with Crippen molar-refractivity contribution in [2.45, 2.75) is 18.4 Å². The molecule has 0 saturated carbocycles. The number of methoxy groups -OCH3 is 1. The second kappa shape index (κ2) is 7.76. The molecule has 162 valence electrons. The summed E-state index contributed by atoms with van der Waals surface area (Å²) < 4.78 is 5.16. The zero-order valence-corrected chi connectivity index (χ0v) is 18.1. The number of ether oxygens (including phenoxy) is 1. The Kier molecular flexibility index (Phi) is 4.90. The molecule has 0 radical (unpaired) electrons. The maximum absolute atomic E-state index is 13.2. The maximum atomic E-state index is 13.2. The number of hydrogen-bond acceptors (Lipinski definition) is 6. The van der Waals surface area contributed by atoms with Gasteiger partial charge in [-0.25, -0.2) is 9.78 Å². The average Bonchev–Trinajstić information content (AvgIpc) is 3.48. The number of nitrogens with one attached hydrogen (secondary N) is 2. The van der Waals surface area contributed by atoms with Gasteiger partial charge in [-0.15, -0.1) is 11.3 Å². The van der Waals surface area contributed by atoms with Gasteiger partial charge >= 0.3 is 6.03 Å². The number of benzene rings is 2. The molecule has 3 aromatic rings. The quantitative estimate of drug-likeness (QED) is 0.584. The molecule has 2 heterocycles. The fraction of sp³-hybridized carbons (Fsp3) is 0.217. The van der Waals surface area contributed by atoms with Gasteiger partial charge in [-0.2, -0.15) is 0 Å². The van der Waals surface area contributed by atoms with E-state index in [-0.39, 0.29) is 12.5 Å². The van der Waals surface area contributed by atoms with Crippen LogP contribution in [0.4, 0.5) is 9.93 Å². The van der Waals surface area contributed by atoms with E-state index in [1.807, 2.05) is 53.9 Å². The van der Waals surface area contributed by atoms with E-state index in [2.05, 4.69) is 15.6 Å². The Morgan fingerprint density at radius 2 is 2.00 bits per heavy atom. The van der Waals surface area contributed by atoms with Crippen molar-refractivity contribution in [3.63, 3.8) is 0 Å². The first kappa shape index (κ1) is 20.2. The standard InChI is InChI=1S/C23H20N4O4S/c1-31-16-8-6-15(7-9-16)18-13-32-21(24-18)25-19(28)12-27-20(29)23(26-22(27)30)11-10-14-4-2-3-5-17(14)23/h2-9,13H,10-12H2,1H3,(H,26,30)(H,24,25,28). The molecule has 2 aliphatic rings. The van der Waals surface area contributed by atoms with Gasteiger partial charge in [0.1, 0.15) is 17.8 Å². The number of urea groups is 1. The topological polar surface area (TPSA) is 101 Å². The number of carbonyl (C=O) groups excluding carboxylic acids is 3. The van der Waals surface area contributed by atoms with E-state index in [9.17, 15) is 14.4 Å². The molecule has 2 aromatic carbocycles. The first-order valence-electron chi connectivity index (χ1n) is 10.1. The van der Waals surface area contributed by atoms with Crippen molar-refractivity contribution in [1.82, 2.24) is 15.2 Å². The Morgan fingerprint density at radius 3 is 2.78 bits per heavy atom. The van der Waals surface area contributed by atoms with Crippen LogP contribution in [0.25, 0.3) is 11.3 Å². The summed E-state index contributed by atoms with van der Waals surface area (Å²) in [6, 6.07) is 14.5. The SMILES string of the molecule is COc1ccc(-c2csc(NC(=O)CN3C(=O)NC4(CCc5ccccc54)C3=O)n2)cc1. The first-order chi connectivity index (χ1) is 15.5. The fourth-order valence-corrected chi connectivity index (χ4v) is 5.00. The van der Waals surface area contributed by atoms with Crippen LogP contribution in [-0.4, -0.2) is 41.4 Å². The lowest BCUT2D eigenvalue weighted by Gasteiger charge is -2.22.